The lowest BCUT2D eigenvalue weighted by molar-refractivity contribution is -0.175. The number of nitrogens with zero attached hydrogens (tertiary/aromatic N) is 1. The summed E-state index contributed by atoms with van der Waals surface area (Å²) in [5, 5.41) is 0. The van der Waals surface area contributed by atoms with Gasteiger partial charge in [0, 0.05) is 0 Å². The van der Waals surface area contributed by atoms with Crippen LogP contribution in [0.15, 0.2) is 54.6 Å². The van der Waals surface area contributed by atoms with Crippen molar-refractivity contribution in [1.82, 2.24) is 4.90 Å². The predicted molar refractivity (Wildman–Crippen MR) is 99.2 cm³/mol. The zero-order valence-electron chi connectivity index (χ0n) is 15.7. The molecule has 0 spiro atoms. The molecule has 1 aliphatic heterocycles. The molecule has 0 radical (unpaired) electrons. The Bertz CT molecular complexity index is 866. The SMILES string of the molecule is COC(=O)C(c1cccc(OC)c1)N1C(=O)CC1C(=O)OCc1ccccc1. The highest BCUT2D eigenvalue weighted by Crippen LogP contribution is 2.34. The fraction of sp³-hybridized carbons (Fsp3) is 0.286. The van der Waals surface area contributed by atoms with Gasteiger partial charge in [0.15, 0.2) is 6.04 Å². The normalized spacial score (nSPS) is 16.7. The first-order valence-electron chi connectivity index (χ1n) is 8.78. The molecule has 0 bridgehead atoms. The van der Waals surface area contributed by atoms with Gasteiger partial charge in [0.25, 0.3) is 0 Å². The van der Waals surface area contributed by atoms with Crippen LogP contribution in [0.5, 0.6) is 5.75 Å². The molecule has 1 aliphatic rings. The summed E-state index contributed by atoms with van der Waals surface area (Å²) in [7, 11) is 2.74. The van der Waals surface area contributed by atoms with Gasteiger partial charge in [0.05, 0.1) is 20.6 Å². The van der Waals surface area contributed by atoms with Gasteiger partial charge >= 0.3 is 11.9 Å². The van der Waals surface area contributed by atoms with Gasteiger partial charge in [-0.1, -0.05) is 42.5 Å². The quantitative estimate of drug-likeness (QED) is 0.539. The van der Waals surface area contributed by atoms with Crippen LogP contribution in [0, 0.1) is 0 Å². The number of amides is 1. The van der Waals surface area contributed by atoms with Crippen molar-refractivity contribution in [2.24, 2.45) is 0 Å². The number of carbonyl (C=O) groups excluding carboxylic acids is 3. The Balaban J connectivity index is 1.79. The summed E-state index contributed by atoms with van der Waals surface area (Å²) in [6, 6.07) is 14.1. The van der Waals surface area contributed by atoms with Gasteiger partial charge in [-0.15, -0.1) is 0 Å². The Morgan fingerprint density at radius 3 is 2.50 bits per heavy atom. The van der Waals surface area contributed by atoms with E-state index in [2.05, 4.69) is 0 Å². The molecule has 7 nitrogen and oxygen atoms in total. The average molecular weight is 383 g/mol. The maximum atomic E-state index is 12.5. The summed E-state index contributed by atoms with van der Waals surface area (Å²) >= 11 is 0. The molecule has 2 aromatic rings. The van der Waals surface area contributed by atoms with Crippen molar-refractivity contribution in [1.29, 1.82) is 0 Å². The summed E-state index contributed by atoms with van der Waals surface area (Å²) in [4.78, 5) is 38.5. The summed E-state index contributed by atoms with van der Waals surface area (Å²) < 4.78 is 15.4. The van der Waals surface area contributed by atoms with Gasteiger partial charge in [0.1, 0.15) is 18.4 Å². The van der Waals surface area contributed by atoms with Crippen LogP contribution in [0.1, 0.15) is 23.6 Å². The smallest absolute Gasteiger partial charge is 0.333 e. The maximum Gasteiger partial charge on any atom is 0.333 e. The van der Waals surface area contributed by atoms with Crippen LogP contribution in [-0.4, -0.2) is 43.0 Å². The van der Waals surface area contributed by atoms with Crippen molar-refractivity contribution in [3.63, 3.8) is 0 Å². The molecule has 3 rings (SSSR count). The first kappa shape index (κ1) is 19.4. The lowest BCUT2D eigenvalue weighted by Crippen LogP contribution is -2.59. The minimum Gasteiger partial charge on any atom is -0.497 e. The average Bonchev–Trinajstić information content (AvgIpc) is 2.74. The fourth-order valence-corrected chi connectivity index (χ4v) is 3.11. The largest absolute Gasteiger partial charge is 0.497 e. The fourth-order valence-electron chi connectivity index (χ4n) is 3.11. The predicted octanol–water partition coefficient (Wildman–Crippen LogP) is 2.25. The molecule has 1 saturated heterocycles. The maximum absolute atomic E-state index is 12.5. The molecule has 28 heavy (non-hydrogen) atoms. The number of methoxy groups -OCH3 is 2. The third-order valence-electron chi connectivity index (χ3n) is 4.60. The lowest BCUT2D eigenvalue weighted by atomic mass is 9.94. The monoisotopic (exact) mass is 383 g/mol. The second kappa shape index (κ2) is 8.56. The number of carbonyl (C=O) groups is 3. The number of hydrogen-bond donors (Lipinski definition) is 0. The van der Waals surface area contributed by atoms with Crippen LogP contribution in [0.25, 0.3) is 0 Å². The third-order valence-corrected chi connectivity index (χ3v) is 4.60. The Hall–Kier alpha value is -3.35. The molecule has 1 amide bonds. The number of ether oxygens (including phenoxy) is 3. The van der Waals surface area contributed by atoms with Crippen molar-refractivity contribution in [3.05, 3.63) is 65.7 Å². The van der Waals surface area contributed by atoms with Gasteiger partial charge in [-0.2, -0.15) is 0 Å². The van der Waals surface area contributed by atoms with Crippen LogP contribution in [-0.2, 0) is 30.5 Å². The van der Waals surface area contributed by atoms with Gasteiger partial charge in [-0.3, -0.25) is 4.79 Å². The number of hydrogen-bond acceptors (Lipinski definition) is 6. The Labute approximate surface area is 162 Å². The van der Waals surface area contributed by atoms with Crippen molar-refractivity contribution >= 4 is 17.8 Å². The zero-order chi connectivity index (χ0) is 20.1. The molecular weight excluding hydrogens is 362 g/mol. The highest BCUT2D eigenvalue weighted by Gasteiger charge is 2.49. The molecule has 1 fully saturated rings. The summed E-state index contributed by atoms with van der Waals surface area (Å²) in [5.74, 6) is -0.982. The zero-order valence-corrected chi connectivity index (χ0v) is 15.7. The Morgan fingerprint density at radius 1 is 1.11 bits per heavy atom. The van der Waals surface area contributed by atoms with E-state index >= 15 is 0 Å². The Morgan fingerprint density at radius 2 is 1.86 bits per heavy atom. The van der Waals surface area contributed by atoms with E-state index in [9.17, 15) is 14.4 Å². The van der Waals surface area contributed by atoms with Crippen LogP contribution in [0.2, 0.25) is 0 Å². The molecule has 1 heterocycles. The molecule has 0 aromatic heterocycles. The van der Waals surface area contributed by atoms with E-state index in [-0.39, 0.29) is 18.9 Å². The molecule has 2 unspecified atom stereocenters. The van der Waals surface area contributed by atoms with E-state index in [0.717, 1.165) is 5.56 Å². The number of likely N-dealkylation sites (tertiary alicyclic amines) is 1. The molecular formula is C21H21NO6. The van der Waals surface area contributed by atoms with Crippen LogP contribution in [0.3, 0.4) is 0 Å². The molecule has 2 aromatic carbocycles. The molecule has 0 aliphatic carbocycles. The number of benzene rings is 2. The molecule has 0 N–H and O–H groups in total. The Kier molecular flexibility index (Phi) is 5.93. The third kappa shape index (κ3) is 3.98. The number of esters is 2. The minimum absolute atomic E-state index is 0.00884. The molecule has 146 valence electrons. The van der Waals surface area contributed by atoms with E-state index < -0.39 is 24.0 Å². The van der Waals surface area contributed by atoms with Crippen molar-refractivity contribution in [2.75, 3.05) is 14.2 Å². The van der Waals surface area contributed by atoms with Gasteiger partial charge in [0.2, 0.25) is 5.91 Å². The van der Waals surface area contributed by atoms with E-state index in [1.807, 2.05) is 30.3 Å². The second-order valence-electron chi connectivity index (χ2n) is 6.32. The van der Waals surface area contributed by atoms with Crippen LogP contribution >= 0.6 is 0 Å². The molecule has 7 heteroatoms. The minimum atomic E-state index is -1.05. The first-order chi connectivity index (χ1) is 13.5. The van der Waals surface area contributed by atoms with Crippen molar-refractivity contribution in [2.45, 2.75) is 25.1 Å². The van der Waals surface area contributed by atoms with E-state index in [4.69, 9.17) is 14.2 Å². The lowest BCUT2D eigenvalue weighted by Gasteiger charge is -2.42. The van der Waals surface area contributed by atoms with E-state index in [0.29, 0.717) is 11.3 Å². The number of β-lactam (4-membered cyclic amide) rings is 1. The van der Waals surface area contributed by atoms with Crippen LogP contribution in [0.4, 0.5) is 0 Å². The van der Waals surface area contributed by atoms with Gasteiger partial charge in [-0.05, 0) is 23.3 Å². The van der Waals surface area contributed by atoms with Gasteiger partial charge < -0.3 is 19.1 Å². The van der Waals surface area contributed by atoms with Crippen LogP contribution < -0.4 is 4.74 Å². The standard InChI is InChI=1S/C21H21NO6/c1-26-16-10-6-9-15(11-16)19(21(25)27-2)22-17(12-18(22)23)20(24)28-13-14-7-4-3-5-8-14/h3-11,17,19H,12-13H2,1-2H3. The van der Waals surface area contributed by atoms with Gasteiger partial charge in [-0.25, -0.2) is 9.59 Å². The van der Waals surface area contributed by atoms with E-state index in [1.165, 1.54) is 19.1 Å². The summed E-state index contributed by atoms with van der Waals surface area (Å²) in [6.45, 7) is 0.0975. The highest BCUT2D eigenvalue weighted by molar-refractivity contribution is 5.98. The first-order valence-corrected chi connectivity index (χ1v) is 8.78. The summed E-state index contributed by atoms with van der Waals surface area (Å²) in [5.41, 5.74) is 1.34. The topological polar surface area (TPSA) is 82.1 Å². The molecule has 0 saturated carbocycles. The second-order valence-corrected chi connectivity index (χ2v) is 6.32. The number of rotatable bonds is 7. The summed E-state index contributed by atoms with van der Waals surface area (Å²) in [6.07, 6.45) is -0.00884. The highest BCUT2D eigenvalue weighted by atomic mass is 16.5. The van der Waals surface area contributed by atoms with E-state index in [1.54, 1.807) is 24.3 Å². The molecule has 2 atom stereocenters. The van der Waals surface area contributed by atoms with Crippen molar-refractivity contribution in [3.8, 4) is 5.75 Å². The van der Waals surface area contributed by atoms with Crippen molar-refractivity contribution < 1.29 is 28.6 Å².